The Bertz CT molecular complexity index is 784. The Morgan fingerprint density at radius 2 is 1.57 bits per heavy atom. The van der Waals surface area contributed by atoms with Gasteiger partial charge in [-0.15, -0.1) is 0 Å². The maximum absolute atomic E-state index is 12.2. The number of oxazole rings is 1. The molecule has 0 aliphatic rings. The summed E-state index contributed by atoms with van der Waals surface area (Å²) in [6.07, 6.45) is 30.0. The van der Waals surface area contributed by atoms with Gasteiger partial charge in [0, 0.05) is 12.6 Å². The smallest absolute Gasteiger partial charge is 0.264 e. The minimum Gasteiger partial charge on any atom is -0.432 e. The topological polar surface area (TPSA) is 56.0 Å². The number of carbonyl (C=O) groups is 1. The van der Waals surface area contributed by atoms with Gasteiger partial charge in [0.05, 0.1) is 6.20 Å². The summed E-state index contributed by atoms with van der Waals surface area (Å²) in [5.41, 5.74) is 1.24. The lowest BCUT2D eigenvalue weighted by Gasteiger charge is -1.97. The van der Waals surface area contributed by atoms with Crippen molar-refractivity contribution < 1.29 is 9.21 Å². The lowest BCUT2D eigenvalue weighted by Crippen LogP contribution is -1.98. The molecule has 30 heavy (non-hydrogen) atoms. The highest BCUT2D eigenvalue weighted by atomic mass is 16.4. The van der Waals surface area contributed by atoms with Crippen molar-refractivity contribution in [2.45, 2.75) is 84.0 Å². The number of carbonyl (C=O) groups excluding carboxylic acids is 1. The van der Waals surface area contributed by atoms with Crippen LogP contribution in [0.1, 0.15) is 94.7 Å². The summed E-state index contributed by atoms with van der Waals surface area (Å²) >= 11 is 0. The molecule has 0 saturated carbocycles. The predicted molar refractivity (Wildman–Crippen MR) is 125 cm³/mol. The van der Waals surface area contributed by atoms with Crippen LogP contribution in [0.4, 0.5) is 0 Å². The van der Waals surface area contributed by atoms with E-state index in [1.807, 2.05) is 0 Å². The van der Waals surface area contributed by atoms with Gasteiger partial charge in [0.25, 0.3) is 5.89 Å². The third-order valence-corrected chi connectivity index (χ3v) is 4.97. The molecule has 0 bridgehead atoms. The number of pyridine rings is 1. The third-order valence-electron chi connectivity index (χ3n) is 4.97. The van der Waals surface area contributed by atoms with E-state index < -0.39 is 0 Å². The van der Waals surface area contributed by atoms with Crippen molar-refractivity contribution >= 4 is 16.9 Å². The fourth-order valence-corrected chi connectivity index (χ4v) is 3.21. The standard InChI is InChI=1S/C26H36N2O2/c1-2-3-4-5-6-7-8-9-10-11-12-13-14-15-16-17-18-19-24(29)26-28-23-20-21-27-22-25(23)30-26/h9-10,12-13,15-16,20-22H,2-8,11,14,17-19H2,1H3. The van der Waals surface area contributed by atoms with E-state index in [1.54, 1.807) is 18.5 Å². The summed E-state index contributed by atoms with van der Waals surface area (Å²) in [7, 11) is 0. The second-order valence-electron chi connectivity index (χ2n) is 7.62. The van der Waals surface area contributed by atoms with Crippen molar-refractivity contribution in [3.63, 3.8) is 0 Å². The van der Waals surface area contributed by atoms with E-state index in [4.69, 9.17) is 4.42 Å². The molecule has 2 rings (SSSR count). The van der Waals surface area contributed by atoms with Crippen LogP contribution in [0.15, 0.2) is 59.3 Å². The molecule has 0 aliphatic heterocycles. The summed E-state index contributed by atoms with van der Waals surface area (Å²) in [5, 5.41) is 0. The second kappa shape index (κ2) is 15.4. The van der Waals surface area contributed by atoms with Crippen LogP contribution in [-0.4, -0.2) is 15.8 Å². The molecule has 0 spiro atoms. The number of rotatable bonds is 16. The maximum Gasteiger partial charge on any atom is 0.264 e. The minimum absolute atomic E-state index is 0.0488. The zero-order valence-corrected chi connectivity index (χ0v) is 18.4. The van der Waals surface area contributed by atoms with Gasteiger partial charge in [-0.3, -0.25) is 9.78 Å². The molecule has 0 saturated heterocycles. The Kier molecular flexibility index (Phi) is 12.2. The lowest BCUT2D eigenvalue weighted by atomic mass is 10.1. The lowest BCUT2D eigenvalue weighted by molar-refractivity contribution is 0.0949. The fraction of sp³-hybridized carbons (Fsp3) is 0.500. The van der Waals surface area contributed by atoms with Crippen LogP contribution in [-0.2, 0) is 0 Å². The highest BCUT2D eigenvalue weighted by Gasteiger charge is 2.13. The highest BCUT2D eigenvalue weighted by Crippen LogP contribution is 2.15. The second-order valence-corrected chi connectivity index (χ2v) is 7.62. The van der Waals surface area contributed by atoms with Gasteiger partial charge in [-0.05, 0) is 44.6 Å². The number of hydrogen-bond acceptors (Lipinski definition) is 4. The fourth-order valence-electron chi connectivity index (χ4n) is 3.21. The number of hydrogen-bond donors (Lipinski definition) is 0. The van der Waals surface area contributed by atoms with Crippen molar-refractivity contribution in [2.24, 2.45) is 0 Å². The SMILES string of the molecule is CCCCCCCCC=CCC=CCC=CCCCC(=O)c1nc2ccncc2o1. The summed E-state index contributed by atoms with van der Waals surface area (Å²) in [6.45, 7) is 2.26. The summed E-state index contributed by atoms with van der Waals surface area (Å²) < 4.78 is 5.46. The molecule has 0 atom stereocenters. The van der Waals surface area contributed by atoms with E-state index in [0.29, 0.717) is 17.5 Å². The van der Waals surface area contributed by atoms with E-state index >= 15 is 0 Å². The average molecular weight is 409 g/mol. The van der Waals surface area contributed by atoms with E-state index in [2.05, 4.69) is 53.3 Å². The zero-order chi connectivity index (χ0) is 21.3. The Hall–Kier alpha value is -2.49. The van der Waals surface area contributed by atoms with Crippen molar-refractivity contribution in [1.82, 2.24) is 9.97 Å². The van der Waals surface area contributed by atoms with Gasteiger partial charge in [0.15, 0.2) is 5.58 Å². The first-order chi connectivity index (χ1) is 14.8. The van der Waals surface area contributed by atoms with Gasteiger partial charge in [-0.2, -0.15) is 0 Å². The molecular formula is C26H36N2O2. The van der Waals surface area contributed by atoms with Crippen LogP contribution in [0.5, 0.6) is 0 Å². The molecule has 4 nitrogen and oxygen atoms in total. The van der Waals surface area contributed by atoms with Gasteiger partial charge >= 0.3 is 0 Å². The molecule has 162 valence electrons. The Labute approximate surface area is 181 Å². The van der Waals surface area contributed by atoms with Crippen molar-refractivity contribution in [2.75, 3.05) is 0 Å². The van der Waals surface area contributed by atoms with Gasteiger partial charge in [0.1, 0.15) is 5.52 Å². The maximum atomic E-state index is 12.2. The van der Waals surface area contributed by atoms with Crippen LogP contribution in [0.2, 0.25) is 0 Å². The molecule has 0 N–H and O–H groups in total. The van der Waals surface area contributed by atoms with E-state index in [-0.39, 0.29) is 11.7 Å². The van der Waals surface area contributed by atoms with Crippen LogP contribution in [0.3, 0.4) is 0 Å². The van der Waals surface area contributed by atoms with Crippen LogP contribution in [0, 0.1) is 0 Å². The number of Topliss-reactive ketones (excluding diaryl/α,β-unsaturated/α-hetero) is 1. The molecule has 0 aromatic carbocycles. The third kappa shape index (κ3) is 9.82. The summed E-state index contributed by atoms with van der Waals surface area (Å²) in [6, 6.07) is 1.75. The minimum atomic E-state index is -0.0488. The summed E-state index contributed by atoms with van der Waals surface area (Å²) in [4.78, 5) is 20.3. The van der Waals surface area contributed by atoms with Crippen LogP contribution >= 0.6 is 0 Å². The molecule has 0 unspecified atom stereocenters. The monoisotopic (exact) mass is 408 g/mol. The Morgan fingerprint density at radius 3 is 2.30 bits per heavy atom. The molecule has 0 aliphatic carbocycles. The van der Waals surface area contributed by atoms with Crippen molar-refractivity contribution in [3.8, 4) is 0 Å². The molecular weight excluding hydrogens is 372 g/mol. The number of unbranched alkanes of at least 4 members (excludes halogenated alkanes) is 7. The van der Waals surface area contributed by atoms with Gasteiger partial charge in [0.2, 0.25) is 5.78 Å². The number of ketones is 1. The summed E-state index contributed by atoms with van der Waals surface area (Å²) in [5.74, 6) is 0.140. The van der Waals surface area contributed by atoms with E-state index in [1.165, 1.54) is 44.9 Å². The molecule has 0 fully saturated rings. The highest BCUT2D eigenvalue weighted by molar-refractivity contribution is 5.93. The van der Waals surface area contributed by atoms with Crippen LogP contribution in [0.25, 0.3) is 11.1 Å². The zero-order valence-electron chi connectivity index (χ0n) is 18.4. The van der Waals surface area contributed by atoms with Crippen molar-refractivity contribution in [3.05, 3.63) is 60.8 Å². The number of nitrogens with zero attached hydrogens (tertiary/aromatic N) is 2. The number of allylic oxidation sites excluding steroid dienone is 6. The quantitative estimate of drug-likeness (QED) is 0.162. The molecule has 2 aromatic rings. The Balaban J connectivity index is 1.46. The first-order valence-corrected chi connectivity index (χ1v) is 11.5. The molecule has 4 heteroatoms. The van der Waals surface area contributed by atoms with E-state index in [0.717, 1.165) is 25.7 Å². The molecule has 2 heterocycles. The largest absolute Gasteiger partial charge is 0.432 e. The van der Waals surface area contributed by atoms with E-state index in [9.17, 15) is 4.79 Å². The normalized spacial score (nSPS) is 12.2. The van der Waals surface area contributed by atoms with Gasteiger partial charge in [-0.25, -0.2) is 4.98 Å². The Morgan fingerprint density at radius 1 is 0.900 bits per heavy atom. The van der Waals surface area contributed by atoms with Crippen LogP contribution < -0.4 is 0 Å². The van der Waals surface area contributed by atoms with Gasteiger partial charge < -0.3 is 4.42 Å². The molecule has 0 radical (unpaired) electrons. The van der Waals surface area contributed by atoms with Crippen molar-refractivity contribution in [1.29, 1.82) is 0 Å². The predicted octanol–water partition coefficient (Wildman–Crippen LogP) is 7.78. The first kappa shape index (κ1) is 23.8. The average Bonchev–Trinajstić information content (AvgIpc) is 3.20. The first-order valence-electron chi connectivity index (χ1n) is 11.5. The van der Waals surface area contributed by atoms with Gasteiger partial charge in [-0.1, -0.05) is 75.5 Å². The number of aromatic nitrogens is 2. The molecule has 2 aromatic heterocycles. The number of fused-ring (bicyclic) bond motifs is 1. The molecule has 0 amide bonds.